The summed E-state index contributed by atoms with van der Waals surface area (Å²) in [5, 5.41) is 0.993. The van der Waals surface area contributed by atoms with Gasteiger partial charge in [-0.05, 0) is 84.6 Å². The molecule has 66 heavy (non-hydrogen) atoms. The highest BCUT2D eigenvalue weighted by molar-refractivity contribution is 8.77. The van der Waals surface area contributed by atoms with Crippen LogP contribution in [0.5, 0.6) is 0 Å². The number of carbonyl (C=O) groups excluding carboxylic acids is 4. The molecule has 2 atom stereocenters. The van der Waals surface area contributed by atoms with Crippen LogP contribution in [0.2, 0.25) is 20.1 Å². The van der Waals surface area contributed by atoms with Gasteiger partial charge in [0.2, 0.25) is 0 Å². The average Bonchev–Trinajstić information content (AvgIpc) is 3.93. The maximum Gasteiger partial charge on any atom is 0.262 e. The van der Waals surface area contributed by atoms with Gasteiger partial charge in [0.15, 0.2) is 0 Å². The van der Waals surface area contributed by atoms with Gasteiger partial charge in [-0.1, -0.05) is 117 Å². The van der Waals surface area contributed by atoms with Crippen molar-refractivity contribution < 1.29 is 28.1 Å². The molecule has 4 aromatic carbocycles. The van der Waals surface area contributed by atoms with Crippen molar-refractivity contribution in [2.45, 2.75) is 24.6 Å². The molecule has 0 spiro atoms. The number of amides is 4. The fourth-order valence-electron chi connectivity index (χ4n) is 8.50. The third-order valence-electron chi connectivity index (χ3n) is 11.8. The van der Waals surface area contributed by atoms with Crippen molar-refractivity contribution >= 4 is 114 Å². The van der Waals surface area contributed by atoms with Crippen LogP contribution in [0.4, 0.5) is 0 Å². The van der Waals surface area contributed by atoms with Gasteiger partial charge in [-0.3, -0.25) is 29.0 Å². The normalized spacial score (nSPS) is 17.7. The van der Waals surface area contributed by atoms with Crippen LogP contribution in [0.3, 0.4) is 0 Å². The molecule has 4 aliphatic heterocycles. The lowest BCUT2D eigenvalue weighted by atomic mass is 10.0. The number of benzene rings is 4. The molecule has 8 rings (SSSR count). The van der Waals surface area contributed by atoms with E-state index in [0.29, 0.717) is 123 Å². The number of hydrogen-bond acceptors (Lipinski definition) is 6. The minimum Gasteiger partial charge on any atom is -0.329 e. The molecular formula is C50H50Cl4N6O4S2+2. The number of likely N-dealkylation sites (N-methyl/N-ethyl adjacent to an activating group) is 2. The van der Waals surface area contributed by atoms with Crippen LogP contribution >= 0.6 is 68.0 Å². The fraction of sp³-hybridized carbons (Fsp3) is 0.280. The molecular weight excluding hydrogens is 955 g/mol. The Morgan fingerprint density at radius 2 is 0.652 bits per heavy atom. The zero-order valence-corrected chi connectivity index (χ0v) is 42.5. The van der Waals surface area contributed by atoms with E-state index in [1.54, 1.807) is 68.1 Å². The van der Waals surface area contributed by atoms with Crippen molar-refractivity contribution in [2.24, 2.45) is 0 Å². The van der Waals surface area contributed by atoms with E-state index < -0.39 is 10.7 Å². The van der Waals surface area contributed by atoms with Gasteiger partial charge in [-0.15, -0.1) is 0 Å². The number of hydrogen-bond donors (Lipinski definition) is 0. The van der Waals surface area contributed by atoms with Crippen LogP contribution in [0.1, 0.15) is 36.1 Å². The molecule has 4 amide bonds. The third-order valence-corrected chi connectivity index (χ3v) is 15.9. The highest BCUT2D eigenvalue weighted by atomic mass is 35.5. The Bertz CT molecular complexity index is 2590. The third kappa shape index (κ3) is 9.23. The van der Waals surface area contributed by atoms with Crippen LogP contribution < -0.4 is 0 Å². The molecule has 0 N–H and O–H groups in total. The first kappa shape index (κ1) is 48.0. The Morgan fingerprint density at radius 1 is 0.409 bits per heavy atom. The monoisotopic (exact) mass is 1000 g/mol. The second-order valence-electron chi connectivity index (χ2n) is 18.6. The van der Waals surface area contributed by atoms with Crippen LogP contribution in [-0.4, -0.2) is 131 Å². The smallest absolute Gasteiger partial charge is 0.262 e. The van der Waals surface area contributed by atoms with Gasteiger partial charge in [0.25, 0.3) is 23.6 Å². The summed E-state index contributed by atoms with van der Waals surface area (Å²) in [5.41, 5.74) is 6.07. The molecule has 4 aliphatic rings. The Morgan fingerprint density at radius 3 is 0.909 bits per heavy atom. The molecule has 0 radical (unpaired) electrons. The molecule has 0 saturated heterocycles. The van der Waals surface area contributed by atoms with Crippen molar-refractivity contribution in [3.63, 3.8) is 0 Å². The zero-order chi connectivity index (χ0) is 47.6. The minimum absolute atomic E-state index is 0.263. The van der Waals surface area contributed by atoms with Gasteiger partial charge in [0.1, 0.15) is 0 Å². The first-order valence-corrected chi connectivity index (χ1v) is 25.2. The number of quaternary nitrogens is 2. The van der Waals surface area contributed by atoms with E-state index in [-0.39, 0.29) is 23.6 Å². The van der Waals surface area contributed by atoms with Crippen molar-refractivity contribution in [1.29, 1.82) is 0 Å². The van der Waals surface area contributed by atoms with Crippen LogP contribution in [0.25, 0.3) is 22.8 Å². The van der Waals surface area contributed by atoms with Gasteiger partial charge >= 0.3 is 0 Å². The predicted molar refractivity (Wildman–Crippen MR) is 271 cm³/mol. The van der Waals surface area contributed by atoms with Gasteiger partial charge in [0.05, 0.1) is 124 Å². The van der Waals surface area contributed by atoms with Crippen molar-refractivity contribution in [3.8, 4) is 0 Å². The summed E-state index contributed by atoms with van der Waals surface area (Å²) >= 11 is 25.5. The van der Waals surface area contributed by atoms with Crippen LogP contribution in [-0.2, 0) is 19.2 Å². The van der Waals surface area contributed by atoms with E-state index in [4.69, 9.17) is 46.4 Å². The van der Waals surface area contributed by atoms with Crippen molar-refractivity contribution in [3.05, 3.63) is 162 Å². The molecule has 342 valence electrons. The zero-order valence-electron chi connectivity index (χ0n) is 37.9. The van der Waals surface area contributed by atoms with E-state index in [0.717, 1.165) is 0 Å². The standard InChI is InChI=1S/C50H50Cl4N6O4S2/c1-29(57-45(33-13-21-37(53)22-14-33)41-39(49(57)63)43(31-9-17-35(51)18-10-31)55(47(41)61)25-27-59(3,4)5)65-66-30(2)58-46(34-15-23-38(54)24-16-34)42-40(50(58)64)44(32-11-19-36(52)20-12-32)56(48(42)62)26-28-60(6,7)8/h9-24,29-30H,25-28H2,1-8H3/q+2. The lowest BCUT2D eigenvalue weighted by molar-refractivity contribution is -0.869. The Hall–Kier alpha value is -4.50. The highest BCUT2D eigenvalue weighted by Crippen LogP contribution is 2.52. The van der Waals surface area contributed by atoms with Crippen molar-refractivity contribution in [2.75, 3.05) is 68.5 Å². The summed E-state index contributed by atoms with van der Waals surface area (Å²) in [5.74, 6) is -1.16. The van der Waals surface area contributed by atoms with E-state index in [1.807, 2.05) is 62.4 Å². The number of carbonyl (C=O) groups is 4. The second-order valence-corrected chi connectivity index (χ2v) is 23.3. The van der Waals surface area contributed by atoms with E-state index >= 15 is 9.59 Å². The fourth-order valence-corrected chi connectivity index (χ4v) is 11.4. The maximum atomic E-state index is 15.2. The lowest BCUT2D eigenvalue weighted by Crippen LogP contribution is -2.42. The van der Waals surface area contributed by atoms with E-state index in [9.17, 15) is 9.59 Å². The molecule has 10 nitrogen and oxygen atoms in total. The number of fused-ring (bicyclic) bond motifs is 2. The summed E-state index contributed by atoms with van der Waals surface area (Å²) in [7, 11) is 15.2. The summed E-state index contributed by atoms with van der Waals surface area (Å²) in [6.07, 6.45) is 0. The number of rotatable bonds is 15. The van der Waals surface area contributed by atoms with Gasteiger partial charge < -0.3 is 18.8 Å². The average molecular weight is 1000 g/mol. The molecule has 0 aliphatic carbocycles. The summed E-state index contributed by atoms with van der Waals surface area (Å²) in [6, 6.07) is 28.7. The van der Waals surface area contributed by atoms with Gasteiger partial charge in [0, 0.05) is 20.1 Å². The SMILES string of the molecule is CC(SSC(C)N1C(=O)C2=C(c3ccc(Cl)cc3)N(CC[N+](C)(C)C)C(=O)C2=C1c1ccc(Cl)cc1)N1C(=O)C2=C(c3ccc(Cl)cc3)N(CC[N+](C)(C)C)C(=O)C2=C1c1ccc(Cl)cc1. The van der Waals surface area contributed by atoms with E-state index in [1.165, 1.54) is 21.6 Å². The van der Waals surface area contributed by atoms with Gasteiger partial charge in [-0.2, -0.15) is 0 Å². The lowest BCUT2D eigenvalue weighted by Gasteiger charge is -2.32. The largest absolute Gasteiger partial charge is 0.329 e. The minimum atomic E-state index is -0.555. The summed E-state index contributed by atoms with van der Waals surface area (Å²) in [6.45, 7) is 5.87. The molecule has 4 heterocycles. The topological polar surface area (TPSA) is 81.2 Å². The Labute approximate surface area is 414 Å². The van der Waals surface area contributed by atoms with E-state index in [2.05, 4.69) is 42.3 Å². The molecule has 0 fully saturated rings. The molecule has 0 bridgehead atoms. The highest BCUT2D eigenvalue weighted by Gasteiger charge is 2.52. The Kier molecular flexibility index (Phi) is 13.5. The first-order valence-electron chi connectivity index (χ1n) is 21.4. The van der Waals surface area contributed by atoms with Crippen LogP contribution in [0.15, 0.2) is 119 Å². The second kappa shape index (κ2) is 18.5. The molecule has 0 saturated carbocycles. The van der Waals surface area contributed by atoms with Crippen LogP contribution in [0, 0.1) is 0 Å². The molecule has 16 heteroatoms. The molecule has 2 unspecified atom stereocenters. The molecule has 0 aromatic heterocycles. The quantitative estimate of drug-likeness (QED) is 0.0872. The van der Waals surface area contributed by atoms with Gasteiger partial charge in [-0.25, -0.2) is 0 Å². The molecule has 4 aromatic rings. The summed E-state index contributed by atoms with van der Waals surface area (Å²) < 4.78 is 1.22. The maximum absolute atomic E-state index is 15.2. The first-order chi connectivity index (χ1) is 31.1. The predicted octanol–water partition coefficient (Wildman–Crippen LogP) is 10.1. The Balaban J connectivity index is 1.18. The summed E-state index contributed by atoms with van der Waals surface area (Å²) in [4.78, 5) is 66.8. The van der Waals surface area contributed by atoms with Crippen molar-refractivity contribution in [1.82, 2.24) is 19.6 Å². The number of nitrogens with zero attached hydrogens (tertiary/aromatic N) is 6. The number of halogens is 4.